The molecule has 1 saturated heterocycles. The summed E-state index contributed by atoms with van der Waals surface area (Å²) in [4.78, 5) is 19.7. The molecule has 2 amide bonds. The van der Waals surface area contributed by atoms with Crippen LogP contribution in [0.25, 0.3) is 0 Å². The Labute approximate surface area is 163 Å². The van der Waals surface area contributed by atoms with Gasteiger partial charge in [-0.15, -0.1) is 0 Å². The molecule has 0 spiro atoms. The summed E-state index contributed by atoms with van der Waals surface area (Å²) in [5.74, 6) is 1.50. The third-order valence-corrected chi connectivity index (χ3v) is 6.52. The molecule has 1 N–H and O–H groups in total. The Hall–Kier alpha value is -1.59. The van der Waals surface area contributed by atoms with Crippen molar-refractivity contribution in [2.24, 2.45) is 11.8 Å². The molecule has 2 saturated carbocycles. The number of hydrogen-bond donors (Lipinski definition) is 1. The summed E-state index contributed by atoms with van der Waals surface area (Å²) in [6, 6.07) is 9.11. The van der Waals surface area contributed by atoms with E-state index < -0.39 is 0 Å². The molecule has 5 heteroatoms. The first-order valence-corrected chi connectivity index (χ1v) is 10.6. The van der Waals surface area contributed by atoms with Gasteiger partial charge in [-0.2, -0.15) is 0 Å². The van der Waals surface area contributed by atoms with E-state index in [1.165, 1.54) is 36.8 Å². The van der Waals surface area contributed by atoms with Crippen molar-refractivity contribution >= 4 is 6.03 Å². The lowest BCUT2D eigenvalue weighted by molar-refractivity contribution is 0.148. The standard InChI is InChI=1S/C22H34N4O/c1-24-11-13-26(14-12-24)16-20-6-4-3-5-19(20)15-23-22(27)25(2)21(17-7-8-17)18-9-10-18/h3-6,17-18,21H,7-16H2,1-2H3,(H,23,27). The second-order valence-corrected chi connectivity index (χ2v) is 8.78. The lowest BCUT2D eigenvalue weighted by atomic mass is 10.1. The molecule has 1 heterocycles. The Balaban J connectivity index is 1.33. The van der Waals surface area contributed by atoms with Crippen LogP contribution in [-0.2, 0) is 13.1 Å². The molecule has 3 aliphatic rings. The van der Waals surface area contributed by atoms with Crippen molar-refractivity contribution in [3.8, 4) is 0 Å². The largest absolute Gasteiger partial charge is 0.334 e. The van der Waals surface area contributed by atoms with Crippen LogP contribution in [-0.4, -0.2) is 67.0 Å². The van der Waals surface area contributed by atoms with Crippen LogP contribution in [0.2, 0.25) is 0 Å². The summed E-state index contributed by atoms with van der Waals surface area (Å²) >= 11 is 0. The summed E-state index contributed by atoms with van der Waals surface area (Å²) < 4.78 is 0. The molecule has 148 valence electrons. The van der Waals surface area contributed by atoms with Gasteiger partial charge in [0.05, 0.1) is 0 Å². The summed E-state index contributed by atoms with van der Waals surface area (Å²) in [5.41, 5.74) is 2.58. The first-order valence-electron chi connectivity index (χ1n) is 10.6. The van der Waals surface area contributed by atoms with Crippen LogP contribution in [0.1, 0.15) is 36.8 Å². The van der Waals surface area contributed by atoms with Crippen LogP contribution < -0.4 is 5.32 Å². The van der Waals surface area contributed by atoms with Gasteiger partial charge in [0.15, 0.2) is 0 Å². The number of amides is 2. The zero-order valence-corrected chi connectivity index (χ0v) is 16.9. The minimum absolute atomic E-state index is 0.0909. The molecular formula is C22H34N4O. The molecular weight excluding hydrogens is 336 g/mol. The van der Waals surface area contributed by atoms with Gasteiger partial charge in [-0.05, 0) is 55.7 Å². The minimum atomic E-state index is 0.0909. The van der Waals surface area contributed by atoms with Gasteiger partial charge in [-0.1, -0.05) is 24.3 Å². The highest BCUT2D eigenvalue weighted by molar-refractivity contribution is 5.74. The Morgan fingerprint density at radius 3 is 2.26 bits per heavy atom. The Bertz CT molecular complexity index is 635. The molecule has 1 aliphatic heterocycles. The van der Waals surface area contributed by atoms with Crippen molar-refractivity contribution in [2.75, 3.05) is 40.3 Å². The number of carbonyl (C=O) groups is 1. The number of piperazine rings is 1. The van der Waals surface area contributed by atoms with Crippen LogP contribution in [0.15, 0.2) is 24.3 Å². The maximum atomic E-state index is 12.8. The van der Waals surface area contributed by atoms with Gasteiger partial charge in [0.25, 0.3) is 0 Å². The van der Waals surface area contributed by atoms with Gasteiger partial charge in [0.1, 0.15) is 0 Å². The molecule has 1 aromatic rings. The first kappa shape index (κ1) is 18.8. The average Bonchev–Trinajstić information content (AvgIpc) is 3.58. The van der Waals surface area contributed by atoms with Gasteiger partial charge in [-0.3, -0.25) is 4.90 Å². The number of hydrogen-bond acceptors (Lipinski definition) is 3. The van der Waals surface area contributed by atoms with E-state index in [2.05, 4.69) is 46.4 Å². The number of benzene rings is 1. The number of urea groups is 1. The van der Waals surface area contributed by atoms with Crippen molar-refractivity contribution in [1.29, 1.82) is 0 Å². The monoisotopic (exact) mass is 370 g/mol. The number of likely N-dealkylation sites (N-methyl/N-ethyl adjacent to an activating group) is 1. The normalized spacial score (nSPS) is 21.4. The Kier molecular flexibility index (Phi) is 5.69. The van der Waals surface area contributed by atoms with E-state index in [0.29, 0.717) is 12.6 Å². The van der Waals surface area contributed by atoms with Gasteiger partial charge in [0.2, 0.25) is 0 Å². The van der Waals surface area contributed by atoms with Crippen molar-refractivity contribution in [1.82, 2.24) is 20.0 Å². The Morgan fingerprint density at radius 2 is 1.67 bits per heavy atom. The number of nitrogens with zero attached hydrogens (tertiary/aromatic N) is 3. The molecule has 0 unspecified atom stereocenters. The lowest BCUT2D eigenvalue weighted by Gasteiger charge is -2.33. The van der Waals surface area contributed by atoms with E-state index in [4.69, 9.17) is 0 Å². The fourth-order valence-electron chi connectivity index (χ4n) is 4.45. The van der Waals surface area contributed by atoms with E-state index in [1.54, 1.807) is 0 Å². The van der Waals surface area contributed by atoms with Crippen LogP contribution in [0.4, 0.5) is 4.79 Å². The predicted octanol–water partition coefficient (Wildman–Crippen LogP) is 2.76. The maximum Gasteiger partial charge on any atom is 0.317 e. The number of carbonyl (C=O) groups excluding carboxylic acids is 1. The summed E-state index contributed by atoms with van der Waals surface area (Å²) in [7, 11) is 4.18. The molecule has 0 atom stereocenters. The zero-order chi connectivity index (χ0) is 18.8. The highest BCUT2D eigenvalue weighted by Gasteiger charge is 2.44. The highest BCUT2D eigenvalue weighted by atomic mass is 16.2. The van der Waals surface area contributed by atoms with E-state index in [-0.39, 0.29) is 6.03 Å². The fraction of sp³-hybridized carbons (Fsp3) is 0.682. The second-order valence-electron chi connectivity index (χ2n) is 8.78. The van der Waals surface area contributed by atoms with Crippen molar-refractivity contribution in [3.05, 3.63) is 35.4 Å². The van der Waals surface area contributed by atoms with Crippen LogP contribution in [0.5, 0.6) is 0 Å². The molecule has 0 aromatic heterocycles. The quantitative estimate of drug-likeness (QED) is 0.802. The molecule has 27 heavy (non-hydrogen) atoms. The fourth-order valence-corrected chi connectivity index (χ4v) is 4.45. The van der Waals surface area contributed by atoms with Crippen LogP contribution in [0.3, 0.4) is 0 Å². The van der Waals surface area contributed by atoms with Gasteiger partial charge >= 0.3 is 6.03 Å². The van der Waals surface area contributed by atoms with E-state index in [9.17, 15) is 4.79 Å². The van der Waals surface area contributed by atoms with Crippen molar-refractivity contribution < 1.29 is 4.79 Å². The van der Waals surface area contributed by atoms with Gasteiger partial charge < -0.3 is 15.1 Å². The third kappa shape index (κ3) is 4.82. The molecule has 2 aliphatic carbocycles. The number of nitrogens with one attached hydrogen (secondary N) is 1. The van der Waals surface area contributed by atoms with Gasteiger partial charge in [-0.25, -0.2) is 4.79 Å². The highest BCUT2D eigenvalue weighted by Crippen LogP contribution is 2.46. The van der Waals surface area contributed by atoms with E-state index in [0.717, 1.165) is 44.6 Å². The Morgan fingerprint density at radius 1 is 1.07 bits per heavy atom. The third-order valence-electron chi connectivity index (χ3n) is 6.52. The molecule has 5 nitrogen and oxygen atoms in total. The smallest absolute Gasteiger partial charge is 0.317 e. The summed E-state index contributed by atoms with van der Waals surface area (Å²) in [6.07, 6.45) is 5.19. The average molecular weight is 371 g/mol. The zero-order valence-electron chi connectivity index (χ0n) is 16.9. The summed E-state index contributed by atoms with van der Waals surface area (Å²) in [6.45, 7) is 6.09. The molecule has 4 rings (SSSR count). The first-order chi connectivity index (χ1) is 13.1. The number of rotatable bonds is 7. The molecule has 1 aromatic carbocycles. The minimum Gasteiger partial charge on any atom is -0.334 e. The topological polar surface area (TPSA) is 38.8 Å². The maximum absolute atomic E-state index is 12.8. The van der Waals surface area contributed by atoms with E-state index >= 15 is 0 Å². The van der Waals surface area contributed by atoms with Crippen molar-refractivity contribution in [2.45, 2.75) is 44.8 Å². The van der Waals surface area contributed by atoms with Crippen LogP contribution >= 0.6 is 0 Å². The predicted molar refractivity (Wildman–Crippen MR) is 108 cm³/mol. The summed E-state index contributed by atoms with van der Waals surface area (Å²) in [5, 5.41) is 3.19. The second kappa shape index (κ2) is 8.19. The van der Waals surface area contributed by atoms with E-state index in [1.807, 2.05) is 11.9 Å². The molecule has 0 radical (unpaired) electrons. The SMILES string of the molecule is CN1CCN(Cc2ccccc2CNC(=O)N(C)C(C2CC2)C2CC2)CC1. The molecule has 3 fully saturated rings. The van der Waals surface area contributed by atoms with Gasteiger partial charge in [0, 0.05) is 52.4 Å². The lowest BCUT2D eigenvalue weighted by Crippen LogP contribution is -2.45. The van der Waals surface area contributed by atoms with Crippen LogP contribution in [0, 0.1) is 11.8 Å². The molecule has 0 bridgehead atoms. The van der Waals surface area contributed by atoms with Crippen molar-refractivity contribution in [3.63, 3.8) is 0 Å².